The molecule has 1 N–H and O–H groups in total. The largest absolute Gasteiger partial charge is 0.497 e. The van der Waals surface area contributed by atoms with Crippen molar-refractivity contribution in [3.8, 4) is 5.75 Å². The Balaban J connectivity index is 1.89. The first-order valence-electron chi connectivity index (χ1n) is 5.99. The minimum absolute atomic E-state index is 0.210. The Morgan fingerprint density at radius 1 is 1.26 bits per heavy atom. The zero-order chi connectivity index (χ0) is 13.7. The van der Waals surface area contributed by atoms with E-state index in [4.69, 9.17) is 14.2 Å². The molecule has 106 valence electrons. The third-order valence-corrected chi connectivity index (χ3v) is 4.21. The van der Waals surface area contributed by atoms with Crippen molar-refractivity contribution in [1.29, 1.82) is 0 Å². The molecular formula is C12H17NO5S. The second-order valence-corrected chi connectivity index (χ2v) is 5.80. The van der Waals surface area contributed by atoms with Crippen LogP contribution in [-0.4, -0.2) is 41.6 Å². The average Bonchev–Trinajstić information content (AvgIpc) is 2.92. The lowest BCUT2D eigenvalue weighted by molar-refractivity contribution is -0.0451. The van der Waals surface area contributed by atoms with E-state index in [0.717, 1.165) is 0 Å². The fourth-order valence-electron chi connectivity index (χ4n) is 1.72. The molecule has 0 spiro atoms. The van der Waals surface area contributed by atoms with E-state index in [9.17, 15) is 8.42 Å². The zero-order valence-electron chi connectivity index (χ0n) is 10.7. The first-order chi connectivity index (χ1) is 9.12. The van der Waals surface area contributed by atoms with Crippen LogP contribution in [0, 0.1) is 0 Å². The van der Waals surface area contributed by atoms with Gasteiger partial charge in [-0.25, -0.2) is 13.1 Å². The molecule has 19 heavy (non-hydrogen) atoms. The fourth-order valence-corrected chi connectivity index (χ4v) is 2.77. The Bertz CT molecular complexity index is 493. The van der Waals surface area contributed by atoms with Crippen LogP contribution in [0.3, 0.4) is 0 Å². The minimum atomic E-state index is -3.49. The molecule has 1 aliphatic rings. The lowest BCUT2D eigenvalue weighted by atomic mass is 10.3. The maximum atomic E-state index is 12.0. The molecule has 0 unspecified atom stereocenters. The van der Waals surface area contributed by atoms with E-state index >= 15 is 0 Å². The van der Waals surface area contributed by atoms with Gasteiger partial charge in [-0.15, -0.1) is 0 Å². The number of hydrogen-bond donors (Lipinski definition) is 1. The Morgan fingerprint density at radius 3 is 2.47 bits per heavy atom. The van der Waals surface area contributed by atoms with Crippen molar-refractivity contribution >= 4 is 10.0 Å². The molecule has 1 heterocycles. The summed E-state index contributed by atoms with van der Waals surface area (Å²) in [5.74, 6) is 0.617. The monoisotopic (exact) mass is 287 g/mol. The first kappa shape index (κ1) is 14.3. The smallest absolute Gasteiger partial charge is 0.240 e. The number of nitrogens with one attached hydrogen (secondary N) is 1. The van der Waals surface area contributed by atoms with Crippen LogP contribution in [0.1, 0.15) is 6.42 Å². The van der Waals surface area contributed by atoms with Crippen LogP contribution in [0.25, 0.3) is 0 Å². The molecule has 1 aromatic carbocycles. The van der Waals surface area contributed by atoms with Gasteiger partial charge in [-0.2, -0.15) is 0 Å². The van der Waals surface area contributed by atoms with E-state index in [1.807, 2.05) is 0 Å². The van der Waals surface area contributed by atoms with Crippen LogP contribution < -0.4 is 9.46 Å². The van der Waals surface area contributed by atoms with Crippen molar-refractivity contribution in [2.45, 2.75) is 17.6 Å². The molecule has 0 saturated carbocycles. The van der Waals surface area contributed by atoms with Gasteiger partial charge in [0, 0.05) is 13.0 Å². The molecular weight excluding hydrogens is 270 g/mol. The molecule has 2 rings (SSSR count). The highest BCUT2D eigenvalue weighted by Gasteiger charge is 2.18. The second-order valence-electron chi connectivity index (χ2n) is 4.03. The third-order valence-electron chi connectivity index (χ3n) is 2.73. The van der Waals surface area contributed by atoms with Crippen molar-refractivity contribution in [2.75, 3.05) is 26.9 Å². The van der Waals surface area contributed by atoms with Crippen molar-refractivity contribution < 1.29 is 22.6 Å². The van der Waals surface area contributed by atoms with Crippen molar-refractivity contribution in [3.05, 3.63) is 24.3 Å². The van der Waals surface area contributed by atoms with Gasteiger partial charge in [0.25, 0.3) is 0 Å². The molecule has 0 aromatic heterocycles. The summed E-state index contributed by atoms with van der Waals surface area (Å²) >= 11 is 0. The van der Waals surface area contributed by atoms with Gasteiger partial charge in [-0.05, 0) is 24.3 Å². The summed E-state index contributed by atoms with van der Waals surface area (Å²) in [5.41, 5.74) is 0. The Labute approximate surface area is 112 Å². The molecule has 0 amide bonds. The molecule has 1 saturated heterocycles. The second kappa shape index (κ2) is 6.33. The van der Waals surface area contributed by atoms with Crippen LogP contribution in [0.4, 0.5) is 0 Å². The molecule has 1 aromatic rings. The van der Waals surface area contributed by atoms with Crippen molar-refractivity contribution in [1.82, 2.24) is 4.72 Å². The Kier molecular flexibility index (Phi) is 4.76. The van der Waals surface area contributed by atoms with Gasteiger partial charge in [0.05, 0.1) is 25.2 Å². The van der Waals surface area contributed by atoms with Gasteiger partial charge in [0.2, 0.25) is 10.0 Å². The Morgan fingerprint density at radius 2 is 1.89 bits per heavy atom. The predicted molar refractivity (Wildman–Crippen MR) is 68.5 cm³/mol. The number of benzene rings is 1. The molecule has 0 aliphatic carbocycles. The summed E-state index contributed by atoms with van der Waals surface area (Å²) in [7, 11) is -1.96. The molecule has 0 atom stereocenters. The summed E-state index contributed by atoms with van der Waals surface area (Å²) in [6.07, 6.45) is 0.189. The Hall–Kier alpha value is -1.15. The minimum Gasteiger partial charge on any atom is -0.497 e. The molecule has 0 bridgehead atoms. The topological polar surface area (TPSA) is 73.9 Å². The van der Waals surface area contributed by atoms with Gasteiger partial charge in [0.15, 0.2) is 6.29 Å². The number of methoxy groups -OCH3 is 1. The van der Waals surface area contributed by atoms with Crippen LogP contribution >= 0.6 is 0 Å². The van der Waals surface area contributed by atoms with E-state index in [0.29, 0.717) is 25.4 Å². The summed E-state index contributed by atoms with van der Waals surface area (Å²) < 4.78 is 41.9. The van der Waals surface area contributed by atoms with E-state index in [-0.39, 0.29) is 17.7 Å². The van der Waals surface area contributed by atoms with Crippen molar-refractivity contribution in [2.24, 2.45) is 0 Å². The van der Waals surface area contributed by atoms with Crippen molar-refractivity contribution in [3.63, 3.8) is 0 Å². The number of sulfonamides is 1. The predicted octanol–water partition coefficient (Wildman–Crippen LogP) is 0.736. The summed E-state index contributed by atoms with van der Waals surface area (Å²) in [6.45, 7) is 1.41. The maximum Gasteiger partial charge on any atom is 0.240 e. The zero-order valence-corrected chi connectivity index (χ0v) is 11.5. The number of rotatable bonds is 6. The van der Waals surface area contributed by atoms with E-state index < -0.39 is 10.0 Å². The summed E-state index contributed by atoms with van der Waals surface area (Å²) in [5, 5.41) is 0. The average molecular weight is 287 g/mol. The summed E-state index contributed by atoms with van der Waals surface area (Å²) in [4.78, 5) is 0.210. The van der Waals surface area contributed by atoms with Crippen LogP contribution in [0.15, 0.2) is 29.2 Å². The van der Waals surface area contributed by atoms with Gasteiger partial charge >= 0.3 is 0 Å². The molecule has 0 radical (unpaired) electrons. The van der Waals surface area contributed by atoms with E-state index in [1.54, 1.807) is 12.1 Å². The highest BCUT2D eigenvalue weighted by Crippen LogP contribution is 2.15. The molecule has 1 fully saturated rings. The molecule has 1 aliphatic heterocycles. The van der Waals surface area contributed by atoms with Crippen LogP contribution in [0.5, 0.6) is 5.75 Å². The molecule has 7 heteroatoms. The highest BCUT2D eigenvalue weighted by atomic mass is 32.2. The molecule has 6 nitrogen and oxygen atoms in total. The van der Waals surface area contributed by atoms with Gasteiger partial charge < -0.3 is 14.2 Å². The number of hydrogen-bond acceptors (Lipinski definition) is 5. The van der Waals surface area contributed by atoms with Gasteiger partial charge in [0.1, 0.15) is 5.75 Å². The number of ether oxygens (including phenoxy) is 3. The summed E-state index contributed by atoms with van der Waals surface area (Å²) in [6, 6.07) is 6.23. The normalized spacial score (nSPS) is 16.7. The van der Waals surface area contributed by atoms with Crippen LogP contribution in [-0.2, 0) is 19.5 Å². The standard InChI is InChI=1S/C12H17NO5S/c1-16-10-2-4-11(5-3-10)19(14,15)13-7-6-12-17-8-9-18-12/h2-5,12-13H,6-9H2,1H3. The maximum absolute atomic E-state index is 12.0. The van der Waals surface area contributed by atoms with Gasteiger partial charge in [-0.3, -0.25) is 0 Å². The van der Waals surface area contributed by atoms with Gasteiger partial charge in [-0.1, -0.05) is 0 Å². The quantitative estimate of drug-likeness (QED) is 0.835. The van der Waals surface area contributed by atoms with E-state index in [2.05, 4.69) is 4.72 Å². The highest BCUT2D eigenvalue weighted by molar-refractivity contribution is 7.89. The van der Waals surface area contributed by atoms with Crippen LogP contribution in [0.2, 0.25) is 0 Å². The lowest BCUT2D eigenvalue weighted by Crippen LogP contribution is -2.27. The fraction of sp³-hybridized carbons (Fsp3) is 0.500. The van der Waals surface area contributed by atoms with E-state index in [1.165, 1.54) is 19.2 Å². The SMILES string of the molecule is COc1ccc(S(=O)(=O)NCCC2OCCO2)cc1. The third kappa shape index (κ3) is 3.90. The first-order valence-corrected chi connectivity index (χ1v) is 7.47. The lowest BCUT2D eigenvalue weighted by Gasteiger charge is -2.10.